The number of nitrogens with zero attached hydrogens (tertiary/aromatic N) is 5. The molecule has 3 saturated carbocycles. The molecular weight excluding hydrogens is 502 g/mol. The highest BCUT2D eigenvalue weighted by atomic mass is 35.5. The lowest BCUT2D eigenvalue weighted by Gasteiger charge is -2.51. The van der Waals surface area contributed by atoms with E-state index in [9.17, 15) is 4.79 Å². The van der Waals surface area contributed by atoms with E-state index < -0.39 is 0 Å². The summed E-state index contributed by atoms with van der Waals surface area (Å²) in [5.74, 6) is 2.31. The lowest BCUT2D eigenvalue weighted by atomic mass is 9.59. The van der Waals surface area contributed by atoms with Gasteiger partial charge >= 0.3 is 6.03 Å². The van der Waals surface area contributed by atoms with Gasteiger partial charge in [0.15, 0.2) is 17.2 Å². The van der Waals surface area contributed by atoms with E-state index in [2.05, 4.69) is 20.5 Å². The molecule has 1 aliphatic heterocycles. The van der Waals surface area contributed by atoms with Gasteiger partial charge in [0.05, 0.1) is 16.7 Å². The number of hydrogen-bond acceptors (Lipinski definition) is 6. The van der Waals surface area contributed by atoms with Gasteiger partial charge in [-0.05, 0) is 87.5 Å². The Bertz CT molecular complexity index is 1470. The van der Waals surface area contributed by atoms with Crippen LogP contribution in [-0.4, -0.2) is 54.7 Å². The van der Waals surface area contributed by atoms with Crippen LogP contribution in [0.25, 0.3) is 34.0 Å². The molecule has 9 nitrogen and oxygen atoms in total. The smallest absolute Gasteiger partial charge is 0.317 e. The van der Waals surface area contributed by atoms with Crippen LogP contribution >= 0.6 is 11.6 Å². The molecule has 1 saturated heterocycles. The summed E-state index contributed by atoms with van der Waals surface area (Å²) in [6.45, 7) is 1.74. The number of likely N-dealkylation sites (tertiary alicyclic amines) is 1. The number of nitrogens with one attached hydrogen (secondary N) is 2. The fourth-order valence-electron chi connectivity index (χ4n) is 6.76. The van der Waals surface area contributed by atoms with Gasteiger partial charge in [-0.15, -0.1) is 0 Å². The van der Waals surface area contributed by atoms with Crippen LogP contribution in [0.2, 0.25) is 5.02 Å². The lowest BCUT2D eigenvalue weighted by molar-refractivity contribution is 0.0500. The minimum atomic E-state index is -0.110. The fraction of sp³-hybridized carbons (Fsp3) is 0.464. The molecule has 2 amide bonds. The number of fused-ring (bicyclic) bond motifs is 4. The van der Waals surface area contributed by atoms with Crippen molar-refractivity contribution in [2.24, 2.45) is 11.8 Å². The maximum absolute atomic E-state index is 13.0. The summed E-state index contributed by atoms with van der Waals surface area (Å²) in [7, 11) is 0. The number of urea groups is 1. The molecule has 5 heterocycles. The highest BCUT2D eigenvalue weighted by Gasteiger charge is 2.47. The van der Waals surface area contributed by atoms with Crippen molar-refractivity contribution in [1.29, 1.82) is 0 Å². The van der Waals surface area contributed by atoms with Gasteiger partial charge in [-0.2, -0.15) is 5.10 Å². The van der Waals surface area contributed by atoms with Gasteiger partial charge in [-0.25, -0.2) is 19.7 Å². The molecule has 4 aromatic heterocycles. The van der Waals surface area contributed by atoms with Crippen molar-refractivity contribution in [3.05, 3.63) is 47.4 Å². The zero-order valence-corrected chi connectivity index (χ0v) is 21.9. The van der Waals surface area contributed by atoms with E-state index in [0.29, 0.717) is 39.8 Å². The predicted octanol–water partition coefficient (Wildman–Crippen LogP) is 5.63. The Hall–Kier alpha value is -3.46. The molecule has 4 aliphatic rings. The first-order valence-corrected chi connectivity index (χ1v) is 13.9. The molecule has 0 radical (unpaired) electrons. The maximum atomic E-state index is 13.0. The van der Waals surface area contributed by atoms with Crippen LogP contribution in [0.1, 0.15) is 50.6 Å². The van der Waals surface area contributed by atoms with Crippen LogP contribution in [0.4, 0.5) is 4.79 Å². The second kappa shape index (κ2) is 9.38. The van der Waals surface area contributed by atoms with E-state index >= 15 is 0 Å². The van der Waals surface area contributed by atoms with Gasteiger partial charge in [0, 0.05) is 30.5 Å². The van der Waals surface area contributed by atoms with Gasteiger partial charge in [0.2, 0.25) is 0 Å². The Kier molecular flexibility index (Phi) is 5.83. The number of aromatic nitrogens is 5. The third kappa shape index (κ3) is 4.32. The predicted molar refractivity (Wildman–Crippen MR) is 143 cm³/mol. The van der Waals surface area contributed by atoms with Crippen LogP contribution in [0.5, 0.6) is 0 Å². The summed E-state index contributed by atoms with van der Waals surface area (Å²) < 4.78 is 5.70. The van der Waals surface area contributed by atoms with Crippen LogP contribution in [-0.2, 0) is 6.42 Å². The summed E-state index contributed by atoms with van der Waals surface area (Å²) in [5.41, 5.74) is 2.83. The maximum Gasteiger partial charge on any atom is 0.317 e. The first-order chi connectivity index (χ1) is 18.6. The molecule has 4 fully saturated rings. The molecule has 0 spiro atoms. The van der Waals surface area contributed by atoms with Gasteiger partial charge in [0.1, 0.15) is 11.4 Å². The van der Waals surface area contributed by atoms with E-state index in [1.807, 2.05) is 29.2 Å². The molecule has 38 heavy (non-hydrogen) atoms. The first kappa shape index (κ1) is 23.6. The molecule has 2 bridgehead atoms. The quantitative estimate of drug-likeness (QED) is 0.345. The van der Waals surface area contributed by atoms with Crippen molar-refractivity contribution in [1.82, 2.24) is 35.4 Å². The Balaban J connectivity index is 1.20. The minimum Gasteiger partial charge on any atom is -0.463 e. The zero-order valence-electron chi connectivity index (χ0n) is 21.1. The molecule has 0 aromatic carbocycles. The number of amides is 2. The van der Waals surface area contributed by atoms with E-state index in [-0.39, 0.29) is 11.6 Å². The first-order valence-electron chi connectivity index (χ1n) is 13.5. The van der Waals surface area contributed by atoms with Gasteiger partial charge in [0.25, 0.3) is 0 Å². The Morgan fingerprint density at radius 2 is 2.05 bits per heavy atom. The summed E-state index contributed by atoms with van der Waals surface area (Å²) in [6.07, 6.45) is 11.7. The largest absolute Gasteiger partial charge is 0.463 e. The topological polar surface area (TPSA) is 113 Å². The third-order valence-corrected chi connectivity index (χ3v) is 8.90. The normalized spacial score (nSPS) is 24.8. The number of carbonyl (C=O) groups excluding carboxylic acids is 1. The average molecular weight is 532 g/mol. The second-order valence-corrected chi connectivity index (χ2v) is 11.5. The van der Waals surface area contributed by atoms with Crippen molar-refractivity contribution in [2.45, 2.75) is 56.9 Å². The number of rotatable bonds is 5. The monoisotopic (exact) mass is 531 g/mol. The fourth-order valence-corrected chi connectivity index (χ4v) is 6.91. The molecule has 3 aliphatic carbocycles. The number of aromatic amines is 1. The third-order valence-electron chi connectivity index (χ3n) is 8.70. The summed E-state index contributed by atoms with van der Waals surface area (Å²) in [5, 5.41) is 12.2. The number of halogens is 1. The van der Waals surface area contributed by atoms with E-state index in [0.717, 1.165) is 81.2 Å². The summed E-state index contributed by atoms with van der Waals surface area (Å²) in [6, 6.07) is 7.75. The molecule has 10 heteroatoms. The van der Waals surface area contributed by atoms with Crippen LogP contribution < -0.4 is 5.32 Å². The average Bonchev–Trinajstić information content (AvgIpc) is 3.71. The Labute approximate surface area is 225 Å². The Morgan fingerprint density at radius 1 is 1.21 bits per heavy atom. The van der Waals surface area contributed by atoms with Crippen molar-refractivity contribution >= 4 is 28.7 Å². The highest BCUT2D eigenvalue weighted by Crippen LogP contribution is 2.49. The molecule has 1 atom stereocenters. The lowest BCUT2D eigenvalue weighted by Crippen LogP contribution is -2.59. The second-order valence-electron chi connectivity index (χ2n) is 11.1. The Morgan fingerprint density at radius 3 is 2.84 bits per heavy atom. The summed E-state index contributed by atoms with van der Waals surface area (Å²) in [4.78, 5) is 29.1. The van der Waals surface area contributed by atoms with Crippen molar-refractivity contribution in [2.75, 3.05) is 13.1 Å². The van der Waals surface area contributed by atoms with Crippen molar-refractivity contribution in [3.63, 3.8) is 0 Å². The van der Waals surface area contributed by atoms with Crippen LogP contribution in [0.15, 0.2) is 41.1 Å². The van der Waals surface area contributed by atoms with E-state index in [1.54, 1.807) is 12.5 Å². The number of furan rings is 1. The van der Waals surface area contributed by atoms with Crippen LogP contribution in [0, 0.1) is 11.8 Å². The molecular formula is C28H30ClN7O2. The van der Waals surface area contributed by atoms with Crippen LogP contribution in [0.3, 0.4) is 0 Å². The SMILES string of the molecule is O=C(NC12CCC(CC1)[C@H](Cc1cc(-c3ccco3)nc(-c3[nH]nc4ncc(Cl)cc34)n1)C2)N1CCCC1. The molecule has 8 rings (SSSR count). The van der Waals surface area contributed by atoms with Gasteiger partial charge in [-0.3, -0.25) is 5.10 Å². The highest BCUT2D eigenvalue weighted by molar-refractivity contribution is 6.31. The molecule has 4 aromatic rings. The van der Waals surface area contributed by atoms with Gasteiger partial charge < -0.3 is 14.6 Å². The van der Waals surface area contributed by atoms with Crippen molar-refractivity contribution in [3.8, 4) is 23.0 Å². The number of carbonyl (C=O) groups is 1. The minimum absolute atomic E-state index is 0.110. The zero-order chi connectivity index (χ0) is 25.7. The summed E-state index contributed by atoms with van der Waals surface area (Å²) >= 11 is 6.24. The van der Waals surface area contributed by atoms with Gasteiger partial charge in [-0.1, -0.05) is 11.6 Å². The number of pyridine rings is 1. The van der Waals surface area contributed by atoms with Crippen molar-refractivity contribution < 1.29 is 9.21 Å². The van der Waals surface area contributed by atoms with E-state index in [4.69, 9.17) is 26.0 Å². The standard InChI is InChI=1S/C28H30ClN7O2/c29-19-13-21-24(34-35-25(21)30-16-19)26-31-20(14-22(32-26)23-4-3-11-38-23)12-18-15-28(7-5-17(18)6-8-28)33-27(37)36-9-1-2-10-36/h3-4,11,13-14,16-18H,1-2,5-10,12,15H2,(H,33,37)(H,30,34,35)/t17?,18-,28?/m1/s1. The molecule has 196 valence electrons. The number of hydrogen-bond donors (Lipinski definition) is 2. The number of H-pyrrole nitrogens is 1. The van der Waals surface area contributed by atoms with E-state index in [1.165, 1.54) is 0 Å². The molecule has 2 N–H and O–H groups in total. The molecule has 0 unspecified atom stereocenters.